The Morgan fingerprint density at radius 1 is 1.42 bits per heavy atom. The molecule has 19 heavy (non-hydrogen) atoms. The number of aryl methyl sites for hydroxylation is 1. The van der Waals surface area contributed by atoms with E-state index < -0.39 is 0 Å². The van der Waals surface area contributed by atoms with Crippen LogP contribution in [0.25, 0.3) is 10.6 Å². The highest BCUT2D eigenvalue weighted by atomic mass is 79.9. The molecule has 1 aliphatic rings. The molecule has 0 amide bonds. The SMILES string of the molecule is CNCc1sc(-c2ccc(C)c(Br)c2)nc1C1CC1. The molecule has 2 nitrogen and oxygen atoms in total. The lowest BCUT2D eigenvalue weighted by atomic mass is 10.1. The summed E-state index contributed by atoms with van der Waals surface area (Å²) < 4.78 is 1.16. The molecule has 0 saturated heterocycles. The Kier molecular flexibility index (Phi) is 3.74. The maximum Gasteiger partial charge on any atom is 0.123 e. The molecule has 0 aliphatic heterocycles. The molecule has 3 rings (SSSR count). The van der Waals surface area contributed by atoms with Gasteiger partial charge in [-0.1, -0.05) is 28.1 Å². The van der Waals surface area contributed by atoms with Crippen molar-refractivity contribution in [1.82, 2.24) is 10.3 Å². The van der Waals surface area contributed by atoms with Gasteiger partial charge in [0.15, 0.2) is 0 Å². The lowest BCUT2D eigenvalue weighted by molar-refractivity contribution is 0.813. The van der Waals surface area contributed by atoms with Crippen LogP contribution in [-0.2, 0) is 6.54 Å². The van der Waals surface area contributed by atoms with Gasteiger partial charge < -0.3 is 5.32 Å². The quantitative estimate of drug-likeness (QED) is 0.890. The summed E-state index contributed by atoms with van der Waals surface area (Å²) in [5.41, 5.74) is 3.80. The Bertz CT molecular complexity index is 602. The molecule has 1 aliphatic carbocycles. The predicted octanol–water partition coefficient (Wildman–Crippen LogP) is 4.48. The van der Waals surface area contributed by atoms with E-state index in [2.05, 4.69) is 46.4 Å². The van der Waals surface area contributed by atoms with Gasteiger partial charge in [0, 0.05) is 27.4 Å². The first kappa shape index (κ1) is 13.3. The van der Waals surface area contributed by atoms with Gasteiger partial charge in [0.2, 0.25) is 0 Å². The number of hydrogen-bond acceptors (Lipinski definition) is 3. The average Bonchev–Trinajstić information content (AvgIpc) is 3.15. The van der Waals surface area contributed by atoms with E-state index in [1.807, 2.05) is 18.4 Å². The van der Waals surface area contributed by atoms with Crippen LogP contribution in [0.4, 0.5) is 0 Å². The van der Waals surface area contributed by atoms with Crippen molar-refractivity contribution in [2.45, 2.75) is 32.2 Å². The van der Waals surface area contributed by atoms with Gasteiger partial charge >= 0.3 is 0 Å². The topological polar surface area (TPSA) is 24.9 Å². The number of aromatic nitrogens is 1. The Labute approximate surface area is 126 Å². The van der Waals surface area contributed by atoms with E-state index in [4.69, 9.17) is 4.98 Å². The fourth-order valence-electron chi connectivity index (χ4n) is 2.18. The van der Waals surface area contributed by atoms with Gasteiger partial charge in [-0.25, -0.2) is 4.98 Å². The van der Waals surface area contributed by atoms with Crippen molar-refractivity contribution in [3.05, 3.63) is 38.8 Å². The summed E-state index contributed by atoms with van der Waals surface area (Å²) in [4.78, 5) is 6.29. The molecular weight excluding hydrogens is 320 g/mol. The molecule has 0 atom stereocenters. The predicted molar refractivity (Wildman–Crippen MR) is 84.7 cm³/mol. The van der Waals surface area contributed by atoms with E-state index in [1.54, 1.807) is 0 Å². The maximum atomic E-state index is 4.89. The summed E-state index contributed by atoms with van der Waals surface area (Å²) in [6.45, 7) is 3.04. The van der Waals surface area contributed by atoms with Crippen LogP contribution in [0.1, 0.15) is 34.9 Å². The maximum absolute atomic E-state index is 4.89. The lowest BCUT2D eigenvalue weighted by Gasteiger charge is -2.00. The van der Waals surface area contributed by atoms with Crippen molar-refractivity contribution >= 4 is 27.3 Å². The van der Waals surface area contributed by atoms with Gasteiger partial charge in [0.05, 0.1) is 5.69 Å². The van der Waals surface area contributed by atoms with E-state index in [1.165, 1.54) is 34.5 Å². The third-order valence-corrected chi connectivity index (χ3v) is 5.42. The van der Waals surface area contributed by atoms with E-state index in [-0.39, 0.29) is 0 Å². The first-order valence-electron chi connectivity index (χ1n) is 6.59. The second-order valence-electron chi connectivity index (χ2n) is 5.10. The molecule has 1 aromatic carbocycles. The van der Waals surface area contributed by atoms with Crippen LogP contribution < -0.4 is 5.32 Å². The summed E-state index contributed by atoms with van der Waals surface area (Å²) in [5.74, 6) is 0.710. The summed E-state index contributed by atoms with van der Waals surface area (Å²) in [6.07, 6.45) is 2.61. The number of nitrogens with zero attached hydrogens (tertiary/aromatic N) is 1. The minimum atomic E-state index is 0.710. The molecule has 0 radical (unpaired) electrons. The number of hydrogen-bond donors (Lipinski definition) is 1. The second kappa shape index (κ2) is 5.35. The monoisotopic (exact) mass is 336 g/mol. The Balaban J connectivity index is 1.99. The minimum absolute atomic E-state index is 0.710. The van der Waals surface area contributed by atoms with Crippen LogP contribution in [0.5, 0.6) is 0 Å². The standard InChI is InChI=1S/C15H17BrN2S/c1-9-3-4-11(7-12(9)16)15-18-14(10-5-6-10)13(19-15)8-17-2/h3-4,7,10,17H,5-6,8H2,1-2H3. The molecule has 0 bridgehead atoms. The Morgan fingerprint density at radius 2 is 2.21 bits per heavy atom. The highest BCUT2D eigenvalue weighted by Crippen LogP contribution is 2.44. The number of benzene rings is 1. The lowest BCUT2D eigenvalue weighted by Crippen LogP contribution is -2.05. The van der Waals surface area contributed by atoms with E-state index in [9.17, 15) is 0 Å². The summed E-state index contributed by atoms with van der Waals surface area (Å²) in [5, 5.41) is 4.40. The van der Waals surface area contributed by atoms with Crippen molar-refractivity contribution in [2.75, 3.05) is 7.05 Å². The highest BCUT2D eigenvalue weighted by Gasteiger charge is 2.29. The van der Waals surface area contributed by atoms with Crippen LogP contribution in [0, 0.1) is 6.92 Å². The van der Waals surface area contributed by atoms with Crippen molar-refractivity contribution in [3.63, 3.8) is 0 Å². The molecule has 2 aromatic rings. The Morgan fingerprint density at radius 3 is 2.84 bits per heavy atom. The van der Waals surface area contributed by atoms with Crippen LogP contribution in [0.2, 0.25) is 0 Å². The molecule has 100 valence electrons. The molecule has 1 saturated carbocycles. The zero-order valence-electron chi connectivity index (χ0n) is 11.2. The first-order valence-corrected chi connectivity index (χ1v) is 8.20. The van der Waals surface area contributed by atoms with E-state index >= 15 is 0 Å². The molecule has 1 heterocycles. The molecule has 0 unspecified atom stereocenters. The molecular formula is C15H17BrN2S. The largest absolute Gasteiger partial charge is 0.315 e. The van der Waals surface area contributed by atoms with Crippen molar-refractivity contribution in [2.24, 2.45) is 0 Å². The fourth-order valence-corrected chi connectivity index (χ4v) is 3.71. The molecule has 0 spiro atoms. The van der Waals surface area contributed by atoms with Gasteiger partial charge in [-0.15, -0.1) is 11.3 Å². The minimum Gasteiger partial charge on any atom is -0.315 e. The van der Waals surface area contributed by atoms with Crippen molar-refractivity contribution < 1.29 is 0 Å². The van der Waals surface area contributed by atoms with Crippen LogP contribution in [0.3, 0.4) is 0 Å². The van der Waals surface area contributed by atoms with E-state index in [0.717, 1.165) is 16.0 Å². The summed E-state index contributed by atoms with van der Waals surface area (Å²) in [7, 11) is 2.00. The summed E-state index contributed by atoms with van der Waals surface area (Å²) >= 11 is 5.43. The normalized spacial score (nSPS) is 14.9. The zero-order chi connectivity index (χ0) is 13.4. The molecule has 4 heteroatoms. The summed E-state index contributed by atoms with van der Waals surface area (Å²) in [6, 6.07) is 6.49. The van der Waals surface area contributed by atoms with Crippen LogP contribution in [-0.4, -0.2) is 12.0 Å². The highest BCUT2D eigenvalue weighted by molar-refractivity contribution is 9.10. The average molecular weight is 337 g/mol. The number of halogens is 1. The van der Waals surface area contributed by atoms with Gasteiger partial charge in [-0.2, -0.15) is 0 Å². The van der Waals surface area contributed by atoms with Crippen LogP contribution in [0.15, 0.2) is 22.7 Å². The van der Waals surface area contributed by atoms with Crippen LogP contribution >= 0.6 is 27.3 Å². The Hall–Kier alpha value is -0.710. The molecule has 1 N–H and O–H groups in total. The van der Waals surface area contributed by atoms with Gasteiger partial charge in [0.1, 0.15) is 5.01 Å². The smallest absolute Gasteiger partial charge is 0.123 e. The van der Waals surface area contributed by atoms with Gasteiger partial charge in [-0.3, -0.25) is 0 Å². The third kappa shape index (κ3) is 2.76. The third-order valence-electron chi connectivity index (χ3n) is 3.45. The fraction of sp³-hybridized carbons (Fsp3) is 0.400. The second-order valence-corrected chi connectivity index (χ2v) is 7.03. The molecule has 1 fully saturated rings. The van der Waals surface area contributed by atoms with E-state index in [0.29, 0.717) is 5.92 Å². The first-order chi connectivity index (χ1) is 9.19. The number of nitrogens with one attached hydrogen (secondary N) is 1. The van der Waals surface area contributed by atoms with Crippen molar-refractivity contribution in [3.8, 4) is 10.6 Å². The van der Waals surface area contributed by atoms with Gasteiger partial charge in [-0.05, 0) is 38.4 Å². The molecule has 1 aromatic heterocycles. The number of thiazole rings is 1. The number of rotatable bonds is 4. The van der Waals surface area contributed by atoms with Gasteiger partial charge in [0.25, 0.3) is 0 Å². The zero-order valence-corrected chi connectivity index (χ0v) is 13.6. The van der Waals surface area contributed by atoms with Crippen molar-refractivity contribution in [1.29, 1.82) is 0 Å².